The van der Waals surface area contributed by atoms with Gasteiger partial charge < -0.3 is 10.2 Å². The Kier molecular flexibility index (Phi) is 4.64. The summed E-state index contributed by atoms with van der Waals surface area (Å²) in [6.45, 7) is 7.04. The fraction of sp³-hybridized carbons (Fsp3) is 0.294. The van der Waals surface area contributed by atoms with E-state index in [1.807, 2.05) is 18.2 Å². The zero-order chi connectivity index (χ0) is 14.5. The van der Waals surface area contributed by atoms with Crippen LogP contribution in [0.15, 0.2) is 42.5 Å². The Morgan fingerprint density at radius 3 is 2.10 bits per heavy atom. The molecule has 0 aliphatic heterocycles. The van der Waals surface area contributed by atoms with Crippen molar-refractivity contribution in [3.63, 3.8) is 0 Å². The molecule has 0 heterocycles. The third kappa shape index (κ3) is 3.11. The summed E-state index contributed by atoms with van der Waals surface area (Å²) in [7, 11) is 0. The van der Waals surface area contributed by atoms with Gasteiger partial charge in [0.05, 0.1) is 0 Å². The molecule has 20 heavy (non-hydrogen) atoms. The van der Waals surface area contributed by atoms with Gasteiger partial charge in [0, 0.05) is 17.7 Å². The average molecular weight is 271 g/mol. The van der Waals surface area contributed by atoms with Crippen molar-refractivity contribution < 1.29 is 10.2 Å². The fourth-order valence-corrected chi connectivity index (χ4v) is 2.31. The maximum Gasteiger partial charge on any atom is 0.123 e. The fourth-order valence-electron chi connectivity index (χ4n) is 2.31. The van der Waals surface area contributed by atoms with Crippen LogP contribution >= 0.6 is 0 Å². The SMILES string of the molecule is CCN(CC)Cc1ccc(-c2ccccc2O)c(O)c1. The monoisotopic (exact) mass is 271 g/mol. The standard InChI is InChI=1S/C17H21NO2/c1-3-18(4-2)12-13-9-10-15(17(20)11-13)14-7-5-6-8-16(14)19/h5-11,19-20H,3-4,12H2,1-2H3. The van der Waals surface area contributed by atoms with Crippen LogP contribution in [0.3, 0.4) is 0 Å². The minimum Gasteiger partial charge on any atom is -0.507 e. The predicted octanol–water partition coefficient (Wildman–Crippen LogP) is 3.61. The first-order chi connectivity index (χ1) is 9.65. The van der Waals surface area contributed by atoms with Gasteiger partial charge in [-0.1, -0.05) is 44.2 Å². The maximum absolute atomic E-state index is 10.2. The van der Waals surface area contributed by atoms with Gasteiger partial charge in [-0.3, -0.25) is 4.90 Å². The number of phenolic OH excluding ortho intramolecular Hbond substituents is 2. The molecule has 2 aromatic carbocycles. The molecule has 0 aromatic heterocycles. The van der Waals surface area contributed by atoms with Crippen molar-refractivity contribution in [3.8, 4) is 22.6 Å². The molecule has 0 aliphatic carbocycles. The zero-order valence-electron chi connectivity index (χ0n) is 12.0. The molecule has 0 radical (unpaired) electrons. The lowest BCUT2D eigenvalue weighted by Gasteiger charge is -2.18. The first kappa shape index (κ1) is 14.4. The molecule has 3 heteroatoms. The summed E-state index contributed by atoms with van der Waals surface area (Å²) < 4.78 is 0. The van der Waals surface area contributed by atoms with Gasteiger partial charge in [-0.25, -0.2) is 0 Å². The summed E-state index contributed by atoms with van der Waals surface area (Å²) in [6, 6.07) is 12.7. The second-order valence-corrected chi connectivity index (χ2v) is 4.83. The number of hydrogen-bond donors (Lipinski definition) is 2. The van der Waals surface area contributed by atoms with E-state index in [9.17, 15) is 10.2 Å². The van der Waals surface area contributed by atoms with Crippen LogP contribution in [0.1, 0.15) is 19.4 Å². The van der Waals surface area contributed by atoms with Gasteiger partial charge in [-0.15, -0.1) is 0 Å². The van der Waals surface area contributed by atoms with E-state index in [4.69, 9.17) is 0 Å². The Morgan fingerprint density at radius 1 is 0.850 bits per heavy atom. The van der Waals surface area contributed by atoms with Crippen molar-refractivity contribution in [2.45, 2.75) is 20.4 Å². The van der Waals surface area contributed by atoms with E-state index in [1.54, 1.807) is 24.3 Å². The molecule has 0 spiro atoms. The van der Waals surface area contributed by atoms with Crippen molar-refractivity contribution in [2.24, 2.45) is 0 Å². The molecule has 0 atom stereocenters. The average Bonchev–Trinajstić information content (AvgIpc) is 2.46. The van der Waals surface area contributed by atoms with E-state index >= 15 is 0 Å². The number of aromatic hydroxyl groups is 2. The summed E-state index contributed by atoms with van der Waals surface area (Å²) in [5.41, 5.74) is 2.39. The second kappa shape index (κ2) is 6.44. The quantitative estimate of drug-likeness (QED) is 0.873. The summed E-state index contributed by atoms with van der Waals surface area (Å²) in [4.78, 5) is 2.29. The topological polar surface area (TPSA) is 43.7 Å². The number of benzene rings is 2. The highest BCUT2D eigenvalue weighted by Gasteiger charge is 2.10. The van der Waals surface area contributed by atoms with Crippen molar-refractivity contribution >= 4 is 0 Å². The van der Waals surface area contributed by atoms with E-state index in [1.165, 1.54) is 0 Å². The van der Waals surface area contributed by atoms with Crippen molar-refractivity contribution in [1.29, 1.82) is 0 Å². The molecule has 2 aromatic rings. The molecule has 2 rings (SSSR count). The predicted molar refractivity (Wildman–Crippen MR) is 81.8 cm³/mol. The van der Waals surface area contributed by atoms with Gasteiger partial charge >= 0.3 is 0 Å². The Balaban J connectivity index is 2.29. The van der Waals surface area contributed by atoms with Crippen LogP contribution in [0.5, 0.6) is 11.5 Å². The van der Waals surface area contributed by atoms with E-state index < -0.39 is 0 Å². The van der Waals surface area contributed by atoms with E-state index in [2.05, 4.69) is 18.7 Å². The van der Waals surface area contributed by atoms with Crippen LogP contribution in [0.2, 0.25) is 0 Å². The molecule has 0 amide bonds. The van der Waals surface area contributed by atoms with Crippen molar-refractivity contribution in [3.05, 3.63) is 48.0 Å². The smallest absolute Gasteiger partial charge is 0.123 e. The number of phenols is 2. The van der Waals surface area contributed by atoms with Gasteiger partial charge in [-0.2, -0.15) is 0 Å². The largest absolute Gasteiger partial charge is 0.507 e. The molecule has 0 saturated heterocycles. The van der Waals surface area contributed by atoms with Crippen molar-refractivity contribution in [1.82, 2.24) is 4.90 Å². The maximum atomic E-state index is 10.2. The minimum atomic E-state index is 0.180. The van der Waals surface area contributed by atoms with E-state index in [0.717, 1.165) is 25.2 Å². The normalized spacial score (nSPS) is 10.9. The molecule has 0 saturated carbocycles. The summed E-state index contributed by atoms with van der Waals surface area (Å²) in [6.07, 6.45) is 0. The molecule has 2 N–H and O–H groups in total. The lowest BCUT2D eigenvalue weighted by molar-refractivity contribution is 0.295. The van der Waals surface area contributed by atoms with Crippen LogP contribution < -0.4 is 0 Å². The lowest BCUT2D eigenvalue weighted by atomic mass is 10.0. The van der Waals surface area contributed by atoms with Gasteiger partial charge in [0.15, 0.2) is 0 Å². The first-order valence-electron chi connectivity index (χ1n) is 6.98. The molecule has 106 valence electrons. The number of rotatable bonds is 5. The Bertz CT molecular complexity index is 577. The number of nitrogens with zero attached hydrogens (tertiary/aromatic N) is 1. The molecule has 0 fully saturated rings. The first-order valence-corrected chi connectivity index (χ1v) is 6.98. The highest BCUT2D eigenvalue weighted by atomic mass is 16.3. The third-order valence-electron chi connectivity index (χ3n) is 3.56. The highest BCUT2D eigenvalue weighted by molar-refractivity contribution is 5.75. The number of hydrogen-bond acceptors (Lipinski definition) is 3. The van der Waals surface area contributed by atoms with E-state index in [-0.39, 0.29) is 11.5 Å². The van der Waals surface area contributed by atoms with Crippen LogP contribution in [-0.2, 0) is 6.54 Å². The van der Waals surface area contributed by atoms with Crippen LogP contribution in [0, 0.1) is 0 Å². The number of para-hydroxylation sites is 1. The van der Waals surface area contributed by atoms with Gasteiger partial charge in [0.25, 0.3) is 0 Å². The van der Waals surface area contributed by atoms with Gasteiger partial charge in [-0.05, 0) is 30.8 Å². The Morgan fingerprint density at radius 2 is 1.50 bits per heavy atom. The molecular weight excluding hydrogens is 250 g/mol. The molecule has 0 bridgehead atoms. The van der Waals surface area contributed by atoms with Crippen LogP contribution in [0.4, 0.5) is 0 Å². The summed E-state index contributed by atoms with van der Waals surface area (Å²) in [5.74, 6) is 0.385. The van der Waals surface area contributed by atoms with Crippen LogP contribution in [-0.4, -0.2) is 28.2 Å². The second-order valence-electron chi connectivity index (χ2n) is 4.83. The molecular formula is C17H21NO2. The Hall–Kier alpha value is -2.00. The lowest BCUT2D eigenvalue weighted by Crippen LogP contribution is -2.21. The van der Waals surface area contributed by atoms with Crippen LogP contribution in [0.25, 0.3) is 11.1 Å². The van der Waals surface area contributed by atoms with Crippen molar-refractivity contribution in [2.75, 3.05) is 13.1 Å². The highest BCUT2D eigenvalue weighted by Crippen LogP contribution is 2.35. The Labute approximate surface area is 120 Å². The minimum absolute atomic E-state index is 0.180. The van der Waals surface area contributed by atoms with E-state index in [0.29, 0.717) is 11.1 Å². The molecule has 3 nitrogen and oxygen atoms in total. The zero-order valence-corrected chi connectivity index (χ0v) is 12.0. The summed E-state index contributed by atoms with van der Waals surface area (Å²) >= 11 is 0. The van der Waals surface area contributed by atoms with Gasteiger partial charge in [0.2, 0.25) is 0 Å². The van der Waals surface area contributed by atoms with Gasteiger partial charge in [0.1, 0.15) is 11.5 Å². The molecule has 0 aliphatic rings. The summed E-state index contributed by atoms with van der Waals surface area (Å²) in [5, 5.41) is 20.1. The third-order valence-corrected chi connectivity index (χ3v) is 3.56. The molecule has 0 unspecified atom stereocenters.